The number of aromatic amines is 1. The zero-order valence-electron chi connectivity index (χ0n) is 21.5. The van der Waals surface area contributed by atoms with Crippen molar-refractivity contribution in [1.29, 1.82) is 0 Å². The van der Waals surface area contributed by atoms with Gasteiger partial charge in [0.05, 0.1) is 0 Å². The van der Waals surface area contributed by atoms with Gasteiger partial charge in [-0.2, -0.15) is 0 Å². The molecule has 1 aromatic heterocycles. The zero-order valence-corrected chi connectivity index (χ0v) is 21.5. The number of H-pyrrole nitrogens is 1. The number of nitrogens with two attached hydrogens (primary N) is 1. The Hall–Kier alpha value is -3.90. The SMILES string of the molecule is NC(c1[nH]c2ccccc2c1CCC(=O)NC(C(=O)O)c1ccc(-c2ccccc2)cc1)C1CCCCC1. The number of hydrogen-bond donors (Lipinski definition) is 4. The van der Waals surface area contributed by atoms with Gasteiger partial charge in [0, 0.05) is 29.1 Å². The molecule has 1 heterocycles. The smallest absolute Gasteiger partial charge is 0.330 e. The van der Waals surface area contributed by atoms with Crippen LogP contribution in [0, 0.1) is 5.92 Å². The van der Waals surface area contributed by atoms with Crippen LogP contribution in [0.2, 0.25) is 0 Å². The van der Waals surface area contributed by atoms with E-state index >= 15 is 0 Å². The Bertz CT molecular complexity index is 1390. The van der Waals surface area contributed by atoms with Crippen LogP contribution < -0.4 is 11.1 Å². The highest BCUT2D eigenvalue weighted by atomic mass is 16.4. The summed E-state index contributed by atoms with van der Waals surface area (Å²) in [5, 5.41) is 13.7. The molecule has 38 heavy (non-hydrogen) atoms. The van der Waals surface area contributed by atoms with Gasteiger partial charge < -0.3 is 21.1 Å². The predicted octanol–water partition coefficient (Wildman–Crippen LogP) is 6.29. The summed E-state index contributed by atoms with van der Waals surface area (Å²) >= 11 is 0. The van der Waals surface area contributed by atoms with Crippen LogP contribution in [0.1, 0.15) is 67.4 Å². The Labute approximate surface area is 223 Å². The molecule has 1 amide bonds. The van der Waals surface area contributed by atoms with Gasteiger partial charge in [-0.3, -0.25) is 4.79 Å². The maximum absolute atomic E-state index is 13.0. The minimum atomic E-state index is -1.11. The summed E-state index contributed by atoms with van der Waals surface area (Å²) in [4.78, 5) is 28.6. The number of carbonyl (C=O) groups is 2. The van der Waals surface area contributed by atoms with Crippen LogP contribution in [-0.4, -0.2) is 22.0 Å². The lowest BCUT2D eigenvalue weighted by atomic mass is 9.82. The van der Waals surface area contributed by atoms with Crippen LogP contribution in [0.25, 0.3) is 22.0 Å². The molecule has 0 aliphatic heterocycles. The third-order valence-electron chi connectivity index (χ3n) is 7.84. The van der Waals surface area contributed by atoms with E-state index in [0.29, 0.717) is 17.9 Å². The molecular weight excluding hydrogens is 474 g/mol. The highest BCUT2D eigenvalue weighted by molar-refractivity contribution is 5.87. The van der Waals surface area contributed by atoms with Crippen LogP contribution in [0.15, 0.2) is 78.9 Å². The first-order valence-electron chi connectivity index (χ1n) is 13.5. The van der Waals surface area contributed by atoms with Crippen molar-refractivity contribution in [3.8, 4) is 11.1 Å². The number of aryl methyl sites for hydroxylation is 1. The van der Waals surface area contributed by atoms with Gasteiger partial charge in [-0.1, -0.05) is 92.1 Å². The second-order valence-electron chi connectivity index (χ2n) is 10.3. The lowest BCUT2D eigenvalue weighted by Gasteiger charge is -2.27. The van der Waals surface area contributed by atoms with Crippen LogP contribution >= 0.6 is 0 Å². The van der Waals surface area contributed by atoms with Crippen molar-refractivity contribution < 1.29 is 14.7 Å². The van der Waals surface area contributed by atoms with E-state index in [0.717, 1.165) is 46.1 Å². The summed E-state index contributed by atoms with van der Waals surface area (Å²) in [5.74, 6) is -0.954. The van der Waals surface area contributed by atoms with E-state index in [1.54, 1.807) is 12.1 Å². The number of hydrogen-bond acceptors (Lipinski definition) is 3. The average molecular weight is 510 g/mol. The summed E-state index contributed by atoms with van der Waals surface area (Å²) < 4.78 is 0. The second-order valence-corrected chi connectivity index (χ2v) is 10.3. The molecule has 0 saturated heterocycles. The summed E-state index contributed by atoms with van der Waals surface area (Å²) in [6.45, 7) is 0. The fraction of sp³-hybridized carbons (Fsp3) is 0.312. The Balaban J connectivity index is 1.30. The number of nitrogens with one attached hydrogen (secondary N) is 2. The topological polar surface area (TPSA) is 108 Å². The molecule has 0 bridgehead atoms. The molecule has 0 radical (unpaired) electrons. The van der Waals surface area contributed by atoms with Crippen LogP contribution in [0.5, 0.6) is 0 Å². The van der Waals surface area contributed by atoms with Crippen molar-refractivity contribution in [3.05, 3.63) is 95.7 Å². The number of aromatic nitrogens is 1. The molecule has 5 N–H and O–H groups in total. The number of para-hydroxylation sites is 1. The standard InChI is InChI=1S/C32H35N3O3/c33-29(23-11-5-2-6-12-23)31-26(25-13-7-8-14-27(25)34-31)19-20-28(36)35-30(32(37)38)24-17-15-22(16-18-24)21-9-3-1-4-10-21/h1,3-4,7-10,13-18,23,29-30,34H,2,5-6,11-12,19-20,33H2,(H,35,36)(H,37,38). The first kappa shape index (κ1) is 25.7. The van der Waals surface area contributed by atoms with E-state index in [1.165, 1.54) is 19.3 Å². The Kier molecular flexibility index (Phi) is 7.89. The van der Waals surface area contributed by atoms with Crippen LogP contribution in [0.4, 0.5) is 0 Å². The number of carbonyl (C=O) groups excluding carboxylic acids is 1. The molecule has 4 aromatic rings. The second kappa shape index (κ2) is 11.7. The number of fused-ring (bicyclic) bond motifs is 1. The van der Waals surface area contributed by atoms with Gasteiger partial charge in [-0.15, -0.1) is 0 Å². The van der Waals surface area contributed by atoms with Gasteiger partial charge in [0.2, 0.25) is 5.91 Å². The van der Waals surface area contributed by atoms with Crippen molar-refractivity contribution in [2.45, 2.75) is 57.0 Å². The fourth-order valence-electron chi connectivity index (χ4n) is 5.76. The number of carboxylic acids is 1. The van der Waals surface area contributed by atoms with Gasteiger partial charge in [0.1, 0.15) is 0 Å². The molecule has 1 fully saturated rings. The van der Waals surface area contributed by atoms with Crippen molar-refractivity contribution in [2.75, 3.05) is 0 Å². The summed E-state index contributed by atoms with van der Waals surface area (Å²) in [6.07, 6.45) is 6.60. The molecule has 1 saturated carbocycles. The molecule has 6 nitrogen and oxygen atoms in total. The van der Waals surface area contributed by atoms with Gasteiger partial charge >= 0.3 is 5.97 Å². The van der Waals surface area contributed by atoms with Crippen molar-refractivity contribution >= 4 is 22.8 Å². The van der Waals surface area contributed by atoms with Crippen LogP contribution in [-0.2, 0) is 16.0 Å². The number of benzene rings is 3. The maximum Gasteiger partial charge on any atom is 0.330 e. The van der Waals surface area contributed by atoms with E-state index in [2.05, 4.69) is 16.4 Å². The van der Waals surface area contributed by atoms with E-state index in [-0.39, 0.29) is 18.4 Å². The third kappa shape index (κ3) is 5.65. The molecule has 196 valence electrons. The van der Waals surface area contributed by atoms with E-state index in [1.807, 2.05) is 60.7 Å². The first-order valence-corrected chi connectivity index (χ1v) is 13.5. The Morgan fingerprint density at radius 1 is 0.895 bits per heavy atom. The molecular formula is C32H35N3O3. The number of rotatable bonds is 9. The Morgan fingerprint density at radius 2 is 1.55 bits per heavy atom. The van der Waals surface area contributed by atoms with E-state index in [4.69, 9.17) is 5.73 Å². The first-order chi connectivity index (χ1) is 18.5. The third-order valence-corrected chi connectivity index (χ3v) is 7.84. The van der Waals surface area contributed by atoms with Crippen molar-refractivity contribution in [1.82, 2.24) is 10.3 Å². The van der Waals surface area contributed by atoms with E-state index < -0.39 is 12.0 Å². The largest absolute Gasteiger partial charge is 0.479 e. The molecule has 1 aliphatic rings. The minimum Gasteiger partial charge on any atom is -0.479 e. The monoisotopic (exact) mass is 509 g/mol. The quantitative estimate of drug-likeness (QED) is 0.213. The molecule has 1 aliphatic carbocycles. The fourth-order valence-corrected chi connectivity index (χ4v) is 5.76. The number of amides is 1. The highest BCUT2D eigenvalue weighted by Crippen LogP contribution is 2.36. The molecule has 2 unspecified atom stereocenters. The molecule has 0 spiro atoms. The molecule has 5 rings (SSSR count). The lowest BCUT2D eigenvalue weighted by molar-refractivity contribution is -0.142. The summed E-state index contributed by atoms with van der Waals surface area (Å²) in [5.41, 5.74) is 12.5. The summed E-state index contributed by atoms with van der Waals surface area (Å²) in [7, 11) is 0. The van der Waals surface area contributed by atoms with Gasteiger partial charge in [0.25, 0.3) is 0 Å². The highest BCUT2D eigenvalue weighted by Gasteiger charge is 2.27. The van der Waals surface area contributed by atoms with Gasteiger partial charge in [-0.05, 0) is 53.5 Å². The molecule has 6 heteroatoms. The normalized spacial score (nSPS) is 15.7. The number of aliphatic carboxylic acids is 1. The van der Waals surface area contributed by atoms with E-state index in [9.17, 15) is 14.7 Å². The zero-order chi connectivity index (χ0) is 26.5. The lowest BCUT2D eigenvalue weighted by Crippen LogP contribution is -2.34. The average Bonchev–Trinajstić information content (AvgIpc) is 3.34. The maximum atomic E-state index is 13.0. The number of carboxylic acid groups (broad SMARTS) is 1. The Morgan fingerprint density at radius 3 is 2.26 bits per heavy atom. The van der Waals surface area contributed by atoms with Crippen molar-refractivity contribution in [2.24, 2.45) is 11.7 Å². The van der Waals surface area contributed by atoms with Crippen LogP contribution in [0.3, 0.4) is 0 Å². The summed E-state index contributed by atoms with van der Waals surface area (Å²) in [6, 6.07) is 24.1. The molecule has 2 atom stereocenters. The van der Waals surface area contributed by atoms with Crippen molar-refractivity contribution in [3.63, 3.8) is 0 Å². The minimum absolute atomic E-state index is 0.101. The molecule has 3 aromatic carbocycles. The van der Waals surface area contributed by atoms with Gasteiger partial charge in [-0.25, -0.2) is 4.79 Å². The van der Waals surface area contributed by atoms with Gasteiger partial charge in [0.15, 0.2) is 6.04 Å². The predicted molar refractivity (Wildman–Crippen MR) is 151 cm³/mol.